The number of carboxylic acids is 1. The molecule has 0 radical (unpaired) electrons. The van der Waals surface area contributed by atoms with Gasteiger partial charge in [0.05, 0.1) is 19.3 Å². The quantitative estimate of drug-likeness (QED) is 0.603. The number of carbonyl (C=O) groups is 2. The Morgan fingerprint density at radius 3 is 2.41 bits per heavy atom. The van der Waals surface area contributed by atoms with Gasteiger partial charge in [-0.3, -0.25) is 4.79 Å². The molecule has 0 aliphatic rings. The maximum atomic E-state index is 11.5. The van der Waals surface area contributed by atoms with Crippen molar-refractivity contribution in [1.82, 2.24) is 0 Å². The molecule has 17 heavy (non-hydrogen) atoms. The molecule has 5 heteroatoms. The molecule has 0 aromatic heterocycles. The van der Waals surface area contributed by atoms with E-state index >= 15 is 0 Å². The van der Waals surface area contributed by atoms with E-state index in [1.165, 1.54) is 0 Å². The summed E-state index contributed by atoms with van der Waals surface area (Å²) in [4.78, 5) is 21.7. The monoisotopic (exact) mass is 238 g/mol. The van der Waals surface area contributed by atoms with Crippen LogP contribution in [0.5, 0.6) is 5.75 Å². The highest BCUT2D eigenvalue weighted by molar-refractivity contribution is 5.89. The molecule has 0 fully saturated rings. The second-order valence-corrected chi connectivity index (χ2v) is 3.36. The number of carbonyl (C=O) groups excluding carboxylic acids is 1. The first-order chi connectivity index (χ1) is 8.13. The van der Waals surface area contributed by atoms with E-state index in [9.17, 15) is 9.59 Å². The van der Waals surface area contributed by atoms with E-state index in [2.05, 4.69) is 0 Å². The molecule has 0 spiro atoms. The first-order valence-electron chi connectivity index (χ1n) is 5.16. The van der Waals surface area contributed by atoms with E-state index in [1.54, 1.807) is 31.4 Å². The average molecular weight is 238 g/mol. The summed E-state index contributed by atoms with van der Waals surface area (Å²) in [6, 6.07) is 6.51. The maximum Gasteiger partial charge on any atom is 0.338 e. The van der Waals surface area contributed by atoms with Crippen LogP contribution in [0.1, 0.15) is 23.2 Å². The average Bonchev–Trinajstić information content (AvgIpc) is 2.34. The van der Waals surface area contributed by atoms with Gasteiger partial charge in [0.25, 0.3) is 0 Å². The van der Waals surface area contributed by atoms with E-state index in [-0.39, 0.29) is 13.0 Å². The highest BCUT2D eigenvalue weighted by Crippen LogP contribution is 2.12. The predicted octanol–water partition coefficient (Wildman–Crippen LogP) is 1.72. The molecule has 0 aliphatic heterocycles. The van der Waals surface area contributed by atoms with E-state index in [4.69, 9.17) is 14.6 Å². The Bertz CT molecular complexity index is 382. The van der Waals surface area contributed by atoms with Crippen molar-refractivity contribution in [2.45, 2.75) is 12.8 Å². The number of esters is 1. The number of methoxy groups -OCH3 is 1. The Kier molecular flexibility index (Phi) is 5.00. The molecule has 5 nitrogen and oxygen atoms in total. The van der Waals surface area contributed by atoms with Gasteiger partial charge in [0.2, 0.25) is 0 Å². The fourth-order valence-electron chi connectivity index (χ4n) is 1.20. The summed E-state index contributed by atoms with van der Waals surface area (Å²) in [6.45, 7) is 0.108. The standard InChI is InChI=1S/C12H14O5/c1-16-10-6-4-9(5-7-10)12(15)17-8-2-3-11(13)14/h4-7H,2-3,8H2,1H3,(H,13,14). The van der Waals surface area contributed by atoms with Crippen molar-refractivity contribution in [3.63, 3.8) is 0 Å². The highest BCUT2D eigenvalue weighted by atomic mass is 16.5. The highest BCUT2D eigenvalue weighted by Gasteiger charge is 2.07. The van der Waals surface area contributed by atoms with Gasteiger partial charge in [-0.05, 0) is 30.7 Å². The Labute approximate surface area is 99.0 Å². The van der Waals surface area contributed by atoms with Crippen LogP contribution in [0.25, 0.3) is 0 Å². The van der Waals surface area contributed by atoms with E-state index in [0.29, 0.717) is 17.7 Å². The molecule has 1 aromatic carbocycles. The van der Waals surface area contributed by atoms with Crippen molar-refractivity contribution < 1.29 is 24.2 Å². The maximum absolute atomic E-state index is 11.5. The van der Waals surface area contributed by atoms with Gasteiger partial charge in [-0.15, -0.1) is 0 Å². The first-order valence-corrected chi connectivity index (χ1v) is 5.16. The van der Waals surface area contributed by atoms with Gasteiger partial charge in [-0.2, -0.15) is 0 Å². The van der Waals surface area contributed by atoms with Crippen LogP contribution in [0.2, 0.25) is 0 Å². The second-order valence-electron chi connectivity index (χ2n) is 3.36. The van der Waals surface area contributed by atoms with Crippen LogP contribution in [0.15, 0.2) is 24.3 Å². The molecule has 92 valence electrons. The third-order valence-electron chi connectivity index (χ3n) is 2.09. The third kappa shape index (κ3) is 4.55. The summed E-state index contributed by atoms with van der Waals surface area (Å²) < 4.78 is 9.87. The van der Waals surface area contributed by atoms with Gasteiger partial charge < -0.3 is 14.6 Å². The Morgan fingerprint density at radius 2 is 1.88 bits per heavy atom. The Morgan fingerprint density at radius 1 is 1.24 bits per heavy atom. The molecule has 1 aromatic rings. The molecule has 0 heterocycles. The lowest BCUT2D eigenvalue weighted by Crippen LogP contribution is -2.07. The topological polar surface area (TPSA) is 72.8 Å². The van der Waals surface area contributed by atoms with Crippen molar-refractivity contribution in [3.8, 4) is 5.75 Å². The number of hydrogen-bond acceptors (Lipinski definition) is 4. The molecule has 0 saturated carbocycles. The van der Waals surface area contributed by atoms with Gasteiger partial charge in [0.1, 0.15) is 5.75 Å². The minimum absolute atomic E-state index is 0.00407. The Hall–Kier alpha value is -2.04. The summed E-state index contributed by atoms with van der Waals surface area (Å²) >= 11 is 0. The molecule has 0 aliphatic carbocycles. The fraction of sp³-hybridized carbons (Fsp3) is 0.333. The molecule has 0 bridgehead atoms. The van der Waals surface area contributed by atoms with Gasteiger partial charge in [0.15, 0.2) is 0 Å². The van der Waals surface area contributed by atoms with Crippen LogP contribution in [0, 0.1) is 0 Å². The number of hydrogen-bond donors (Lipinski definition) is 1. The first kappa shape index (κ1) is 13.0. The smallest absolute Gasteiger partial charge is 0.338 e. The number of carboxylic acid groups (broad SMARTS) is 1. The van der Waals surface area contributed by atoms with Crippen molar-refractivity contribution >= 4 is 11.9 Å². The van der Waals surface area contributed by atoms with Crippen molar-refractivity contribution in [3.05, 3.63) is 29.8 Å². The summed E-state index contributed by atoms with van der Waals surface area (Å²) in [6.07, 6.45) is 0.313. The zero-order valence-electron chi connectivity index (χ0n) is 9.51. The normalized spacial score (nSPS) is 9.71. The third-order valence-corrected chi connectivity index (χ3v) is 2.09. The largest absolute Gasteiger partial charge is 0.497 e. The molecule has 0 unspecified atom stereocenters. The Balaban J connectivity index is 2.38. The van der Waals surface area contributed by atoms with Crippen LogP contribution in [-0.2, 0) is 9.53 Å². The van der Waals surface area contributed by atoms with Crippen LogP contribution in [0.3, 0.4) is 0 Å². The van der Waals surface area contributed by atoms with Gasteiger partial charge in [0, 0.05) is 6.42 Å². The zero-order chi connectivity index (χ0) is 12.7. The predicted molar refractivity (Wildman–Crippen MR) is 60.1 cm³/mol. The second kappa shape index (κ2) is 6.52. The lowest BCUT2D eigenvalue weighted by molar-refractivity contribution is -0.137. The van der Waals surface area contributed by atoms with Gasteiger partial charge >= 0.3 is 11.9 Å². The molecule has 0 amide bonds. The van der Waals surface area contributed by atoms with Gasteiger partial charge in [-0.25, -0.2) is 4.79 Å². The van der Waals surface area contributed by atoms with E-state index < -0.39 is 11.9 Å². The van der Waals surface area contributed by atoms with Gasteiger partial charge in [-0.1, -0.05) is 0 Å². The number of aliphatic carboxylic acids is 1. The lowest BCUT2D eigenvalue weighted by atomic mass is 10.2. The minimum atomic E-state index is -0.898. The molecule has 1 N–H and O–H groups in total. The van der Waals surface area contributed by atoms with Crippen molar-refractivity contribution in [1.29, 1.82) is 0 Å². The summed E-state index contributed by atoms with van der Waals surface area (Å²) in [7, 11) is 1.54. The zero-order valence-corrected chi connectivity index (χ0v) is 9.51. The SMILES string of the molecule is COc1ccc(C(=O)OCCCC(=O)O)cc1. The number of rotatable bonds is 6. The lowest BCUT2D eigenvalue weighted by Gasteiger charge is -2.04. The van der Waals surface area contributed by atoms with E-state index in [1.807, 2.05) is 0 Å². The van der Waals surface area contributed by atoms with E-state index in [0.717, 1.165) is 0 Å². The molecule has 0 atom stereocenters. The van der Waals surface area contributed by atoms with Crippen LogP contribution in [-0.4, -0.2) is 30.8 Å². The molecule has 0 saturated heterocycles. The van der Waals surface area contributed by atoms with Crippen molar-refractivity contribution in [2.24, 2.45) is 0 Å². The van der Waals surface area contributed by atoms with Crippen LogP contribution < -0.4 is 4.74 Å². The van der Waals surface area contributed by atoms with Crippen LogP contribution in [0.4, 0.5) is 0 Å². The van der Waals surface area contributed by atoms with Crippen molar-refractivity contribution in [2.75, 3.05) is 13.7 Å². The number of benzene rings is 1. The minimum Gasteiger partial charge on any atom is -0.497 e. The molecular weight excluding hydrogens is 224 g/mol. The summed E-state index contributed by atoms with van der Waals surface area (Å²) in [5.41, 5.74) is 0.418. The summed E-state index contributed by atoms with van der Waals surface area (Å²) in [5, 5.41) is 8.40. The molecular formula is C12H14O5. The van der Waals surface area contributed by atoms with Crippen LogP contribution >= 0.6 is 0 Å². The molecule has 1 rings (SSSR count). The fourth-order valence-corrected chi connectivity index (χ4v) is 1.20. The summed E-state index contributed by atoms with van der Waals surface area (Å²) in [5.74, 6) is -0.698. The number of ether oxygens (including phenoxy) is 2.